The molecule has 3 atom stereocenters. The maximum absolute atomic E-state index is 9.59. The zero-order valence-corrected chi connectivity index (χ0v) is 12.0. The predicted octanol–water partition coefficient (Wildman–Crippen LogP) is 1.71. The van der Waals surface area contributed by atoms with E-state index in [2.05, 4.69) is 37.9 Å². The van der Waals surface area contributed by atoms with Crippen molar-refractivity contribution in [2.24, 2.45) is 11.8 Å². The van der Waals surface area contributed by atoms with Crippen LogP contribution in [0.25, 0.3) is 0 Å². The molecule has 0 aromatic carbocycles. The summed E-state index contributed by atoms with van der Waals surface area (Å²) >= 11 is 0. The summed E-state index contributed by atoms with van der Waals surface area (Å²) in [6, 6.07) is 0. The molecule has 0 aromatic rings. The average molecular weight is 242 g/mol. The molecule has 2 N–H and O–H groups in total. The minimum absolute atomic E-state index is 0.146. The third kappa shape index (κ3) is 4.94. The van der Waals surface area contributed by atoms with Gasteiger partial charge in [-0.05, 0) is 38.1 Å². The van der Waals surface area contributed by atoms with Crippen molar-refractivity contribution in [3.63, 3.8) is 0 Å². The molecule has 1 fully saturated rings. The van der Waals surface area contributed by atoms with E-state index in [0.717, 1.165) is 31.3 Å². The number of piperidine rings is 1. The Hall–Kier alpha value is -0.120. The molecule has 1 rings (SSSR count). The van der Waals surface area contributed by atoms with Crippen molar-refractivity contribution in [1.29, 1.82) is 0 Å². The summed E-state index contributed by atoms with van der Waals surface area (Å²) in [4.78, 5) is 2.51. The molecule has 1 aliphatic rings. The molecule has 17 heavy (non-hydrogen) atoms. The van der Waals surface area contributed by atoms with Crippen LogP contribution >= 0.6 is 0 Å². The van der Waals surface area contributed by atoms with Crippen molar-refractivity contribution in [1.82, 2.24) is 10.2 Å². The topological polar surface area (TPSA) is 35.5 Å². The highest BCUT2D eigenvalue weighted by molar-refractivity contribution is 4.88. The molecular weight excluding hydrogens is 212 g/mol. The number of aliphatic hydroxyl groups is 1. The number of nitrogens with zero attached hydrogens (tertiary/aromatic N) is 1. The van der Waals surface area contributed by atoms with Crippen molar-refractivity contribution in [2.45, 2.75) is 46.1 Å². The van der Waals surface area contributed by atoms with Gasteiger partial charge in [-0.2, -0.15) is 0 Å². The van der Waals surface area contributed by atoms with Crippen molar-refractivity contribution < 1.29 is 5.11 Å². The molecule has 0 aliphatic carbocycles. The normalized spacial score (nSPS) is 30.2. The lowest BCUT2D eigenvalue weighted by molar-refractivity contribution is 0.0765. The molecule has 102 valence electrons. The molecule has 1 saturated heterocycles. The molecule has 0 radical (unpaired) electrons. The Morgan fingerprint density at radius 3 is 2.35 bits per heavy atom. The monoisotopic (exact) mass is 242 g/mol. The summed E-state index contributed by atoms with van der Waals surface area (Å²) in [7, 11) is 0. The molecule has 3 heteroatoms. The van der Waals surface area contributed by atoms with Crippen LogP contribution in [0.15, 0.2) is 0 Å². The van der Waals surface area contributed by atoms with Crippen LogP contribution in [0.5, 0.6) is 0 Å². The van der Waals surface area contributed by atoms with Gasteiger partial charge in [-0.25, -0.2) is 0 Å². The van der Waals surface area contributed by atoms with Crippen molar-refractivity contribution in [2.75, 3.05) is 32.8 Å². The second kappa shape index (κ2) is 6.72. The molecule has 3 nitrogen and oxygen atoms in total. The smallest absolute Gasteiger partial charge is 0.0623 e. The van der Waals surface area contributed by atoms with Crippen molar-refractivity contribution in [3.8, 4) is 0 Å². The van der Waals surface area contributed by atoms with Crippen molar-refractivity contribution in [3.05, 3.63) is 0 Å². The van der Waals surface area contributed by atoms with Crippen LogP contribution in [0.4, 0.5) is 0 Å². The predicted molar refractivity (Wildman–Crippen MR) is 73.2 cm³/mol. The fourth-order valence-electron chi connectivity index (χ4n) is 3.00. The van der Waals surface area contributed by atoms with Gasteiger partial charge in [-0.15, -0.1) is 0 Å². The molecule has 0 bridgehead atoms. The van der Waals surface area contributed by atoms with Crippen molar-refractivity contribution >= 4 is 0 Å². The first-order valence-electron chi connectivity index (χ1n) is 7.07. The second-order valence-electron chi connectivity index (χ2n) is 6.29. The number of rotatable bonds is 6. The van der Waals surface area contributed by atoms with Crippen LogP contribution in [0, 0.1) is 11.8 Å². The third-order valence-corrected chi connectivity index (χ3v) is 3.67. The van der Waals surface area contributed by atoms with Gasteiger partial charge >= 0.3 is 0 Å². The zero-order chi connectivity index (χ0) is 12.9. The van der Waals surface area contributed by atoms with E-state index in [1.54, 1.807) is 0 Å². The molecular formula is C14H30N2O. The van der Waals surface area contributed by atoms with E-state index in [-0.39, 0.29) is 12.1 Å². The van der Waals surface area contributed by atoms with E-state index >= 15 is 0 Å². The Morgan fingerprint density at radius 2 is 1.88 bits per heavy atom. The number of aliphatic hydroxyl groups excluding tert-OH is 1. The van der Waals surface area contributed by atoms with Crippen LogP contribution in [0.2, 0.25) is 0 Å². The molecule has 1 aliphatic heterocycles. The van der Waals surface area contributed by atoms with E-state index in [4.69, 9.17) is 0 Å². The first-order valence-corrected chi connectivity index (χ1v) is 7.07. The third-order valence-electron chi connectivity index (χ3n) is 3.67. The summed E-state index contributed by atoms with van der Waals surface area (Å²) in [6.45, 7) is 13.5. The standard InChI is InChI=1S/C14H30N2O/c1-5-6-15-14(4,11-17)10-16-8-12(2)7-13(3)9-16/h12-13,15,17H,5-11H2,1-4H3. The number of hydrogen-bond acceptors (Lipinski definition) is 3. The molecule has 1 heterocycles. The van der Waals surface area contributed by atoms with Gasteiger partial charge in [0.15, 0.2) is 0 Å². The molecule has 3 unspecified atom stereocenters. The molecule has 0 aromatic heterocycles. The summed E-state index contributed by atoms with van der Waals surface area (Å²) < 4.78 is 0. The lowest BCUT2D eigenvalue weighted by Crippen LogP contribution is -2.56. The van der Waals surface area contributed by atoms with E-state index in [9.17, 15) is 5.11 Å². The van der Waals surface area contributed by atoms with Crippen LogP contribution in [-0.2, 0) is 0 Å². The minimum atomic E-state index is -0.146. The number of likely N-dealkylation sites (tertiary alicyclic amines) is 1. The Bertz CT molecular complexity index is 212. The van der Waals surface area contributed by atoms with Gasteiger partial charge < -0.3 is 15.3 Å². The molecule has 0 saturated carbocycles. The average Bonchev–Trinajstić information content (AvgIpc) is 2.25. The zero-order valence-electron chi connectivity index (χ0n) is 12.0. The highest BCUT2D eigenvalue weighted by Crippen LogP contribution is 2.22. The minimum Gasteiger partial charge on any atom is -0.394 e. The van der Waals surface area contributed by atoms with Crippen LogP contribution in [-0.4, -0.2) is 48.3 Å². The number of hydrogen-bond donors (Lipinski definition) is 2. The first kappa shape index (κ1) is 14.9. The van der Waals surface area contributed by atoms with Gasteiger partial charge in [-0.1, -0.05) is 20.8 Å². The summed E-state index contributed by atoms with van der Waals surface area (Å²) in [5, 5.41) is 13.1. The fourth-order valence-corrected chi connectivity index (χ4v) is 3.00. The maximum Gasteiger partial charge on any atom is 0.0623 e. The van der Waals surface area contributed by atoms with E-state index in [1.807, 2.05) is 0 Å². The highest BCUT2D eigenvalue weighted by Gasteiger charge is 2.29. The van der Waals surface area contributed by atoms with Gasteiger partial charge in [0.05, 0.1) is 12.1 Å². The summed E-state index contributed by atoms with van der Waals surface area (Å²) in [5.74, 6) is 1.57. The Labute approximate surface area is 107 Å². The van der Waals surface area contributed by atoms with Gasteiger partial charge in [0.1, 0.15) is 0 Å². The summed E-state index contributed by atoms with van der Waals surface area (Å²) in [6.07, 6.45) is 2.46. The van der Waals surface area contributed by atoms with Gasteiger partial charge in [0, 0.05) is 19.6 Å². The van der Waals surface area contributed by atoms with E-state index < -0.39 is 0 Å². The van der Waals surface area contributed by atoms with Crippen LogP contribution < -0.4 is 5.32 Å². The highest BCUT2D eigenvalue weighted by atomic mass is 16.3. The first-order chi connectivity index (χ1) is 7.99. The van der Waals surface area contributed by atoms with E-state index in [1.165, 1.54) is 19.5 Å². The van der Waals surface area contributed by atoms with E-state index in [0.29, 0.717) is 0 Å². The van der Waals surface area contributed by atoms with Crippen LogP contribution in [0.1, 0.15) is 40.5 Å². The van der Waals surface area contributed by atoms with Gasteiger partial charge in [0.2, 0.25) is 0 Å². The maximum atomic E-state index is 9.59. The Balaban J connectivity index is 2.48. The second-order valence-corrected chi connectivity index (χ2v) is 6.29. The molecule has 0 spiro atoms. The Kier molecular flexibility index (Phi) is 5.90. The van der Waals surface area contributed by atoms with Gasteiger partial charge in [-0.3, -0.25) is 0 Å². The Morgan fingerprint density at radius 1 is 1.29 bits per heavy atom. The largest absolute Gasteiger partial charge is 0.394 e. The lowest BCUT2D eigenvalue weighted by Gasteiger charge is -2.40. The summed E-state index contributed by atoms with van der Waals surface area (Å²) in [5.41, 5.74) is -0.146. The van der Waals surface area contributed by atoms with Crippen LogP contribution in [0.3, 0.4) is 0 Å². The number of nitrogens with one attached hydrogen (secondary N) is 1. The lowest BCUT2D eigenvalue weighted by atomic mass is 9.90. The fraction of sp³-hybridized carbons (Fsp3) is 1.00. The van der Waals surface area contributed by atoms with Gasteiger partial charge in [0.25, 0.3) is 0 Å². The molecule has 0 amide bonds. The SMILES string of the molecule is CCCNC(C)(CO)CN1CC(C)CC(C)C1. The quantitative estimate of drug-likeness (QED) is 0.744.